The highest BCUT2D eigenvalue weighted by molar-refractivity contribution is 6.08. The number of hydrogen-bond acceptors (Lipinski definition) is 3. The third-order valence-electron chi connectivity index (χ3n) is 5.19. The summed E-state index contributed by atoms with van der Waals surface area (Å²) in [6.45, 7) is 2.20. The molecule has 7 heteroatoms. The number of amides is 1. The highest BCUT2D eigenvalue weighted by atomic mass is 19.1. The van der Waals surface area contributed by atoms with Gasteiger partial charge in [-0.15, -0.1) is 0 Å². The van der Waals surface area contributed by atoms with Gasteiger partial charge >= 0.3 is 0 Å². The van der Waals surface area contributed by atoms with Crippen LogP contribution < -0.4 is 10.9 Å². The Bertz CT molecular complexity index is 1260. The number of carbonyl (C=O) groups excluding carboxylic acids is 1. The number of aromatic nitrogens is 3. The summed E-state index contributed by atoms with van der Waals surface area (Å²) in [6, 6.07) is 13.1. The first-order chi connectivity index (χ1) is 14.0. The van der Waals surface area contributed by atoms with E-state index in [1.807, 2.05) is 35.8 Å². The predicted molar refractivity (Wildman–Crippen MR) is 110 cm³/mol. The van der Waals surface area contributed by atoms with Gasteiger partial charge in [0.1, 0.15) is 17.4 Å². The van der Waals surface area contributed by atoms with Crippen molar-refractivity contribution in [1.29, 1.82) is 0 Å². The maximum absolute atomic E-state index is 13.1. The number of halogens is 1. The van der Waals surface area contributed by atoms with Gasteiger partial charge in [0, 0.05) is 24.4 Å². The summed E-state index contributed by atoms with van der Waals surface area (Å²) in [7, 11) is 1.60. The molecular formula is C22H21FN4O2. The summed E-state index contributed by atoms with van der Waals surface area (Å²) in [6.07, 6.45) is 2.17. The summed E-state index contributed by atoms with van der Waals surface area (Å²) >= 11 is 0. The van der Waals surface area contributed by atoms with Gasteiger partial charge in [-0.05, 0) is 30.2 Å². The van der Waals surface area contributed by atoms with Gasteiger partial charge in [0.05, 0.1) is 11.7 Å². The second kappa shape index (κ2) is 7.50. The first kappa shape index (κ1) is 18.9. The zero-order chi connectivity index (χ0) is 20.5. The molecule has 2 aromatic carbocycles. The van der Waals surface area contributed by atoms with E-state index < -0.39 is 6.04 Å². The summed E-state index contributed by atoms with van der Waals surface area (Å²) in [5.74, 6) is -0.514. The summed E-state index contributed by atoms with van der Waals surface area (Å²) < 4.78 is 16.2. The number of fused-ring (bicyclic) bond motifs is 3. The van der Waals surface area contributed by atoms with Crippen molar-refractivity contribution in [3.63, 3.8) is 0 Å². The molecule has 0 aliphatic heterocycles. The Labute approximate surface area is 166 Å². The van der Waals surface area contributed by atoms with Crippen molar-refractivity contribution in [2.45, 2.75) is 25.9 Å². The Balaban J connectivity index is 1.78. The Morgan fingerprint density at radius 1 is 1.14 bits per heavy atom. The van der Waals surface area contributed by atoms with E-state index >= 15 is 0 Å². The molecule has 0 saturated heterocycles. The second-order valence-electron chi connectivity index (χ2n) is 6.99. The SMILES string of the molecule is CCC(C(=O)NCc1ccc(F)cc1)n1c2ccccc2c2cnn(C)c(=O)c21. The monoisotopic (exact) mass is 392 g/mol. The Morgan fingerprint density at radius 3 is 2.59 bits per heavy atom. The van der Waals surface area contributed by atoms with Crippen molar-refractivity contribution in [2.24, 2.45) is 7.05 Å². The normalized spacial score (nSPS) is 12.4. The first-order valence-electron chi connectivity index (χ1n) is 9.48. The third-order valence-corrected chi connectivity index (χ3v) is 5.19. The third kappa shape index (κ3) is 3.29. The minimum atomic E-state index is -0.562. The van der Waals surface area contributed by atoms with Gasteiger partial charge < -0.3 is 9.88 Å². The van der Waals surface area contributed by atoms with Crippen molar-refractivity contribution in [3.05, 3.63) is 76.5 Å². The highest BCUT2D eigenvalue weighted by Gasteiger charge is 2.25. The van der Waals surface area contributed by atoms with Crippen molar-refractivity contribution < 1.29 is 9.18 Å². The standard InChI is InChI=1S/C22H21FN4O2/c1-3-18(21(28)24-12-14-8-10-15(23)11-9-14)27-19-7-5-4-6-16(19)17-13-25-26(2)22(29)20(17)27/h4-11,13,18H,3,12H2,1-2H3,(H,24,28). The van der Waals surface area contributed by atoms with Crippen LogP contribution >= 0.6 is 0 Å². The summed E-state index contributed by atoms with van der Waals surface area (Å²) in [5.41, 5.74) is 1.84. The van der Waals surface area contributed by atoms with Gasteiger partial charge in [-0.2, -0.15) is 5.10 Å². The lowest BCUT2D eigenvalue weighted by Gasteiger charge is -2.19. The Kier molecular flexibility index (Phi) is 4.88. The zero-order valence-corrected chi connectivity index (χ0v) is 16.2. The first-order valence-corrected chi connectivity index (χ1v) is 9.48. The maximum atomic E-state index is 13.1. The smallest absolute Gasteiger partial charge is 0.291 e. The van der Waals surface area contributed by atoms with Crippen LogP contribution in [-0.4, -0.2) is 20.3 Å². The van der Waals surface area contributed by atoms with E-state index in [4.69, 9.17) is 0 Å². The highest BCUT2D eigenvalue weighted by Crippen LogP contribution is 2.30. The molecule has 0 bridgehead atoms. The van der Waals surface area contributed by atoms with Crippen molar-refractivity contribution in [1.82, 2.24) is 19.7 Å². The topological polar surface area (TPSA) is 68.9 Å². The van der Waals surface area contributed by atoms with Gasteiger partial charge in [-0.1, -0.05) is 37.3 Å². The minimum absolute atomic E-state index is 0.196. The molecule has 148 valence electrons. The predicted octanol–water partition coefficient (Wildman–Crippen LogP) is 3.29. The van der Waals surface area contributed by atoms with E-state index in [2.05, 4.69) is 10.4 Å². The van der Waals surface area contributed by atoms with Crippen LogP contribution in [0.1, 0.15) is 24.9 Å². The molecule has 4 rings (SSSR count). The zero-order valence-electron chi connectivity index (χ0n) is 16.2. The number of hydrogen-bond donors (Lipinski definition) is 1. The van der Waals surface area contributed by atoms with Gasteiger partial charge in [0.15, 0.2) is 0 Å². The molecule has 1 amide bonds. The molecule has 1 unspecified atom stereocenters. The van der Waals surface area contributed by atoms with E-state index in [0.717, 1.165) is 21.9 Å². The fraction of sp³-hybridized carbons (Fsp3) is 0.227. The molecule has 6 nitrogen and oxygen atoms in total. The van der Waals surface area contributed by atoms with E-state index in [1.165, 1.54) is 16.8 Å². The van der Waals surface area contributed by atoms with E-state index in [9.17, 15) is 14.0 Å². The molecule has 1 atom stereocenters. The van der Waals surface area contributed by atoms with Crippen LogP contribution in [0.4, 0.5) is 4.39 Å². The van der Waals surface area contributed by atoms with Crippen molar-refractivity contribution >= 4 is 27.7 Å². The maximum Gasteiger partial charge on any atom is 0.291 e. The van der Waals surface area contributed by atoms with E-state index in [-0.39, 0.29) is 23.8 Å². The summed E-state index contributed by atoms with van der Waals surface area (Å²) in [4.78, 5) is 26.0. The average Bonchev–Trinajstić information content (AvgIpc) is 3.06. The molecule has 0 fully saturated rings. The molecule has 1 N–H and O–H groups in total. The lowest BCUT2D eigenvalue weighted by Crippen LogP contribution is -2.33. The molecule has 29 heavy (non-hydrogen) atoms. The molecule has 0 saturated carbocycles. The molecule has 0 radical (unpaired) electrons. The van der Waals surface area contributed by atoms with Crippen LogP contribution in [0.2, 0.25) is 0 Å². The number of benzene rings is 2. The van der Waals surface area contributed by atoms with Crippen LogP contribution in [0.3, 0.4) is 0 Å². The van der Waals surface area contributed by atoms with Crippen LogP contribution in [0, 0.1) is 5.82 Å². The van der Waals surface area contributed by atoms with E-state index in [0.29, 0.717) is 11.9 Å². The number of nitrogens with zero attached hydrogens (tertiary/aromatic N) is 3. The number of para-hydroxylation sites is 1. The van der Waals surface area contributed by atoms with Crippen molar-refractivity contribution in [2.75, 3.05) is 0 Å². The number of nitrogens with one attached hydrogen (secondary N) is 1. The van der Waals surface area contributed by atoms with Crippen molar-refractivity contribution in [3.8, 4) is 0 Å². The molecule has 2 heterocycles. The molecule has 2 aromatic heterocycles. The lowest BCUT2D eigenvalue weighted by atomic mass is 10.1. The number of aryl methyl sites for hydroxylation is 1. The van der Waals surface area contributed by atoms with Crippen LogP contribution in [0.15, 0.2) is 59.5 Å². The minimum Gasteiger partial charge on any atom is -0.350 e. The van der Waals surface area contributed by atoms with E-state index in [1.54, 1.807) is 25.4 Å². The molecule has 4 aromatic rings. The van der Waals surface area contributed by atoms with Crippen LogP contribution in [0.5, 0.6) is 0 Å². The van der Waals surface area contributed by atoms with Gasteiger partial charge in [-0.3, -0.25) is 9.59 Å². The Morgan fingerprint density at radius 2 is 1.86 bits per heavy atom. The summed E-state index contributed by atoms with van der Waals surface area (Å²) in [5, 5.41) is 8.67. The number of carbonyl (C=O) groups is 1. The molecule has 0 spiro atoms. The van der Waals surface area contributed by atoms with Gasteiger partial charge in [0.2, 0.25) is 5.91 Å². The largest absolute Gasteiger partial charge is 0.350 e. The van der Waals surface area contributed by atoms with Crippen LogP contribution in [0.25, 0.3) is 21.8 Å². The molecule has 0 aliphatic rings. The Hall–Kier alpha value is -3.48. The lowest BCUT2D eigenvalue weighted by molar-refractivity contribution is -0.124. The fourth-order valence-corrected chi connectivity index (χ4v) is 3.71. The average molecular weight is 392 g/mol. The fourth-order valence-electron chi connectivity index (χ4n) is 3.71. The molecule has 0 aliphatic carbocycles. The van der Waals surface area contributed by atoms with Gasteiger partial charge in [0.25, 0.3) is 5.56 Å². The van der Waals surface area contributed by atoms with Crippen LogP contribution in [-0.2, 0) is 18.4 Å². The quantitative estimate of drug-likeness (QED) is 0.567. The number of rotatable bonds is 5. The second-order valence-corrected chi connectivity index (χ2v) is 6.99. The van der Waals surface area contributed by atoms with Gasteiger partial charge in [-0.25, -0.2) is 9.07 Å². The molecular weight excluding hydrogens is 371 g/mol.